The molecule has 0 aromatic heterocycles. The molecule has 0 heterocycles. The molecule has 0 aromatic carbocycles. The normalized spacial score (nSPS) is 21.1. The van der Waals surface area contributed by atoms with Crippen LogP contribution in [0.15, 0.2) is 16.6 Å². The van der Waals surface area contributed by atoms with E-state index in [4.69, 9.17) is 14.5 Å². The third-order valence-corrected chi connectivity index (χ3v) is 3.60. The summed E-state index contributed by atoms with van der Waals surface area (Å²) >= 11 is 0. The van der Waals surface area contributed by atoms with Crippen LogP contribution in [0.4, 0.5) is 0 Å². The first kappa shape index (κ1) is 18.9. The summed E-state index contributed by atoms with van der Waals surface area (Å²) in [4.78, 5) is 16.8. The van der Waals surface area contributed by atoms with Crippen LogP contribution in [0, 0.1) is 0 Å². The first-order chi connectivity index (χ1) is 10.3. The number of esters is 1. The maximum Gasteiger partial charge on any atom is 0.333 e. The lowest BCUT2D eigenvalue weighted by Gasteiger charge is -2.28. The third-order valence-electron chi connectivity index (χ3n) is 3.60. The van der Waals surface area contributed by atoms with E-state index in [9.17, 15) is 4.79 Å². The Balaban J connectivity index is 3.02. The van der Waals surface area contributed by atoms with E-state index in [0.29, 0.717) is 18.6 Å². The molecular weight excluding hydrogens is 278 g/mol. The summed E-state index contributed by atoms with van der Waals surface area (Å²) in [5.74, 6) is -0.226. The van der Waals surface area contributed by atoms with Crippen molar-refractivity contribution in [3.05, 3.63) is 11.6 Å². The molecule has 0 fully saturated rings. The number of rotatable bonds is 6. The van der Waals surface area contributed by atoms with Gasteiger partial charge in [-0.05, 0) is 59.5 Å². The summed E-state index contributed by atoms with van der Waals surface area (Å²) < 4.78 is 11.3. The highest BCUT2D eigenvalue weighted by molar-refractivity contribution is 5.98. The van der Waals surface area contributed by atoms with Crippen molar-refractivity contribution in [3.8, 4) is 0 Å². The molecule has 0 amide bonds. The van der Waals surface area contributed by atoms with Crippen LogP contribution >= 0.6 is 0 Å². The Labute approximate surface area is 135 Å². The summed E-state index contributed by atoms with van der Waals surface area (Å²) in [6, 6.07) is 0. The second kappa shape index (κ2) is 8.47. The number of hydrogen-bond acceptors (Lipinski definition) is 4. The zero-order valence-corrected chi connectivity index (χ0v) is 14.9. The van der Waals surface area contributed by atoms with Gasteiger partial charge in [0.25, 0.3) is 0 Å². The van der Waals surface area contributed by atoms with Gasteiger partial charge in [-0.3, -0.25) is 4.99 Å². The number of aliphatic imine (C=N–C) groups is 1. The summed E-state index contributed by atoms with van der Waals surface area (Å²) in [6.45, 7) is 12.7. The summed E-state index contributed by atoms with van der Waals surface area (Å²) in [7, 11) is 0. The Bertz CT molecular complexity index is 428. The van der Waals surface area contributed by atoms with Crippen molar-refractivity contribution in [2.45, 2.75) is 85.0 Å². The van der Waals surface area contributed by atoms with Gasteiger partial charge in [0.15, 0.2) is 0 Å². The van der Waals surface area contributed by atoms with Gasteiger partial charge in [-0.15, -0.1) is 0 Å². The molecule has 4 nitrogen and oxygen atoms in total. The Hall–Kier alpha value is -1.16. The summed E-state index contributed by atoms with van der Waals surface area (Å²) in [5.41, 5.74) is 1.61. The van der Waals surface area contributed by atoms with Crippen molar-refractivity contribution >= 4 is 11.7 Å². The first-order valence-corrected chi connectivity index (χ1v) is 8.42. The minimum Gasteiger partial charge on any atom is -0.463 e. The molecule has 0 spiro atoms. The van der Waals surface area contributed by atoms with Crippen molar-refractivity contribution < 1.29 is 14.3 Å². The van der Waals surface area contributed by atoms with Crippen molar-refractivity contribution in [3.63, 3.8) is 0 Å². The van der Waals surface area contributed by atoms with E-state index in [-0.39, 0.29) is 23.7 Å². The molecule has 1 rings (SSSR count). The fourth-order valence-electron chi connectivity index (χ4n) is 2.52. The molecule has 0 aromatic rings. The SMILES string of the molecule is CCOC(=O)C1=CC(OC(CC)CC)C(=NC(C)(C)C)CC1. The van der Waals surface area contributed by atoms with Gasteiger partial charge in [-0.2, -0.15) is 0 Å². The van der Waals surface area contributed by atoms with E-state index < -0.39 is 0 Å². The second-order valence-corrected chi connectivity index (χ2v) is 6.68. The van der Waals surface area contributed by atoms with Crippen molar-refractivity contribution in [2.75, 3.05) is 6.61 Å². The molecule has 0 aliphatic heterocycles. The standard InChI is InChI=1S/C18H31NO3/c1-7-14(8-2)22-16-12-13(17(20)21-9-3)10-11-15(16)19-18(4,5)6/h12,14,16H,7-11H2,1-6H3. The van der Waals surface area contributed by atoms with Crippen LogP contribution in [0.3, 0.4) is 0 Å². The van der Waals surface area contributed by atoms with Gasteiger partial charge in [0, 0.05) is 11.3 Å². The highest BCUT2D eigenvalue weighted by Gasteiger charge is 2.27. The summed E-state index contributed by atoms with van der Waals surface area (Å²) in [5, 5.41) is 0. The van der Waals surface area contributed by atoms with Gasteiger partial charge < -0.3 is 9.47 Å². The summed E-state index contributed by atoms with van der Waals surface area (Å²) in [6.07, 6.45) is 5.23. The van der Waals surface area contributed by atoms with Gasteiger partial charge in [0.1, 0.15) is 6.10 Å². The molecule has 1 aliphatic rings. The minimum absolute atomic E-state index is 0.139. The highest BCUT2D eigenvalue weighted by Crippen LogP contribution is 2.24. The van der Waals surface area contributed by atoms with Crippen molar-refractivity contribution in [2.24, 2.45) is 4.99 Å². The zero-order chi connectivity index (χ0) is 16.8. The third kappa shape index (κ3) is 5.91. The van der Waals surface area contributed by atoms with E-state index >= 15 is 0 Å². The monoisotopic (exact) mass is 309 g/mol. The van der Waals surface area contributed by atoms with E-state index in [2.05, 4.69) is 34.6 Å². The topological polar surface area (TPSA) is 47.9 Å². The number of ether oxygens (including phenoxy) is 2. The zero-order valence-electron chi connectivity index (χ0n) is 14.9. The van der Waals surface area contributed by atoms with Crippen LogP contribution in [0.25, 0.3) is 0 Å². The number of nitrogens with zero attached hydrogens (tertiary/aromatic N) is 1. The molecule has 0 bridgehead atoms. The number of hydrogen-bond donors (Lipinski definition) is 0. The maximum atomic E-state index is 12.0. The fraction of sp³-hybridized carbons (Fsp3) is 0.778. The first-order valence-electron chi connectivity index (χ1n) is 8.42. The van der Waals surface area contributed by atoms with Gasteiger partial charge in [0.05, 0.1) is 18.2 Å². The smallest absolute Gasteiger partial charge is 0.333 e. The quantitative estimate of drug-likeness (QED) is 0.694. The molecular formula is C18H31NO3. The molecule has 0 saturated carbocycles. The van der Waals surface area contributed by atoms with Crippen LogP contribution in [-0.2, 0) is 14.3 Å². The van der Waals surface area contributed by atoms with Gasteiger partial charge in [0.2, 0.25) is 0 Å². The van der Waals surface area contributed by atoms with Crippen LogP contribution in [0.2, 0.25) is 0 Å². The van der Waals surface area contributed by atoms with Crippen LogP contribution < -0.4 is 0 Å². The predicted octanol–water partition coefficient (Wildman–Crippen LogP) is 4.08. The van der Waals surface area contributed by atoms with E-state index in [1.54, 1.807) is 0 Å². The number of carbonyl (C=O) groups excluding carboxylic acids is 1. The molecule has 0 radical (unpaired) electrons. The van der Waals surface area contributed by atoms with Gasteiger partial charge in [-0.25, -0.2) is 4.79 Å². The Kier molecular flexibility index (Phi) is 7.27. The average Bonchev–Trinajstić information content (AvgIpc) is 2.44. The minimum atomic E-state index is -0.226. The van der Waals surface area contributed by atoms with Crippen molar-refractivity contribution in [1.82, 2.24) is 0 Å². The van der Waals surface area contributed by atoms with Crippen molar-refractivity contribution in [1.29, 1.82) is 0 Å². The van der Waals surface area contributed by atoms with Crippen LogP contribution in [-0.4, -0.2) is 36.0 Å². The van der Waals surface area contributed by atoms with Crippen LogP contribution in [0.5, 0.6) is 0 Å². The molecule has 22 heavy (non-hydrogen) atoms. The second-order valence-electron chi connectivity index (χ2n) is 6.68. The van der Waals surface area contributed by atoms with Gasteiger partial charge in [-0.1, -0.05) is 13.8 Å². The van der Waals surface area contributed by atoms with Crippen LogP contribution in [0.1, 0.15) is 67.2 Å². The van der Waals surface area contributed by atoms with E-state index in [1.807, 2.05) is 13.0 Å². The molecule has 1 unspecified atom stereocenters. The average molecular weight is 309 g/mol. The largest absolute Gasteiger partial charge is 0.463 e. The Morgan fingerprint density at radius 1 is 1.27 bits per heavy atom. The molecule has 1 aliphatic carbocycles. The molecule has 0 N–H and O–H groups in total. The predicted molar refractivity (Wildman–Crippen MR) is 90.4 cm³/mol. The lowest BCUT2D eigenvalue weighted by molar-refractivity contribution is -0.138. The maximum absolute atomic E-state index is 12.0. The highest BCUT2D eigenvalue weighted by atomic mass is 16.5. The Morgan fingerprint density at radius 3 is 2.41 bits per heavy atom. The molecule has 1 atom stereocenters. The van der Waals surface area contributed by atoms with E-state index in [1.165, 1.54) is 0 Å². The lowest BCUT2D eigenvalue weighted by Crippen LogP contribution is -2.33. The molecule has 4 heteroatoms. The van der Waals surface area contributed by atoms with Gasteiger partial charge >= 0.3 is 5.97 Å². The molecule has 126 valence electrons. The molecule has 0 saturated heterocycles. The Morgan fingerprint density at radius 2 is 1.91 bits per heavy atom. The number of carbonyl (C=O) groups is 1. The van der Waals surface area contributed by atoms with E-state index in [0.717, 1.165) is 25.0 Å². The lowest BCUT2D eigenvalue weighted by atomic mass is 9.94. The fourth-order valence-corrected chi connectivity index (χ4v) is 2.52.